The Morgan fingerprint density at radius 1 is 1.25 bits per heavy atom. The van der Waals surface area contributed by atoms with Crippen LogP contribution in [0.1, 0.15) is 0 Å². The molecule has 9 heteroatoms. The maximum absolute atomic E-state index is 10.8. The largest absolute Gasteiger partial charge is 0.473 e. The Balaban J connectivity index is 2.07. The van der Waals surface area contributed by atoms with Crippen molar-refractivity contribution in [1.29, 1.82) is 0 Å². The predicted octanol–water partition coefficient (Wildman–Crippen LogP) is 2.77. The third-order valence-electron chi connectivity index (χ3n) is 2.54. The predicted molar refractivity (Wildman–Crippen MR) is 75.8 cm³/mol. The maximum Gasteiger partial charge on any atom is 0.473 e. The quantitative estimate of drug-likeness (QED) is 0.563. The first kappa shape index (κ1) is 12.5. The summed E-state index contributed by atoms with van der Waals surface area (Å²) in [6.07, 6.45) is 1.41. The van der Waals surface area contributed by atoms with Gasteiger partial charge in [-0.15, -0.1) is 0 Å². The van der Waals surface area contributed by atoms with Crippen LogP contribution < -0.4 is 5.32 Å². The van der Waals surface area contributed by atoms with Gasteiger partial charge in [0.1, 0.15) is 0 Å². The van der Waals surface area contributed by atoms with E-state index < -0.39 is 10.9 Å². The number of nitrogens with zero attached hydrogens (tertiary/aromatic N) is 4. The van der Waals surface area contributed by atoms with E-state index >= 15 is 0 Å². The minimum Gasteiger partial charge on any atom is -0.390 e. The van der Waals surface area contributed by atoms with Crippen LogP contribution in [0.4, 0.5) is 17.5 Å². The number of aromatic nitrogens is 4. The first-order valence-electron chi connectivity index (χ1n) is 5.51. The van der Waals surface area contributed by atoms with Crippen LogP contribution in [-0.2, 0) is 0 Å². The van der Waals surface area contributed by atoms with Crippen molar-refractivity contribution in [3.63, 3.8) is 0 Å². The molecule has 0 atom stereocenters. The molecule has 0 fully saturated rings. The smallest absolute Gasteiger partial charge is 0.390 e. The van der Waals surface area contributed by atoms with Crippen LogP contribution in [-0.4, -0.2) is 24.9 Å². The van der Waals surface area contributed by atoms with Gasteiger partial charge < -0.3 is 20.4 Å². The number of halogens is 1. The van der Waals surface area contributed by atoms with Crippen molar-refractivity contribution < 1.29 is 4.92 Å². The Kier molecular flexibility index (Phi) is 3.03. The molecule has 0 aliphatic heterocycles. The van der Waals surface area contributed by atoms with E-state index in [-0.39, 0.29) is 5.65 Å². The summed E-state index contributed by atoms with van der Waals surface area (Å²) in [4.78, 5) is 24.6. The van der Waals surface area contributed by atoms with Crippen molar-refractivity contribution >= 4 is 44.5 Å². The molecule has 2 N–H and O–H groups in total. The Hall–Kier alpha value is -2.55. The second-order valence-electron chi connectivity index (χ2n) is 3.86. The molecule has 100 valence electrons. The van der Waals surface area contributed by atoms with E-state index in [9.17, 15) is 10.1 Å². The average Bonchev–Trinajstić information content (AvgIpc) is 2.89. The number of anilines is 2. The van der Waals surface area contributed by atoms with Gasteiger partial charge in [0.25, 0.3) is 5.65 Å². The van der Waals surface area contributed by atoms with Gasteiger partial charge in [0.05, 0.1) is 6.33 Å². The molecule has 0 bridgehead atoms. The number of benzene rings is 1. The summed E-state index contributed by atoms with van der Waals surface area (Å²) in [5, 5.41) is 13.8. The molecule has 0 spiro atoms. The molecule has 2 heterocycles. The molecule has 3 rings (SSSR count). The van der Waals surface area contributed by atoms with Gasteiger partial charge in [0.15, 0.2) is 5.52 Å². The third-order valence-corrected chi connectivity index (χ3v) is 3.07. The average molecular weight is 335 g/mol. The molecule has 3 aromatic rings. The van der Waals surface area contributed by atoms with Gasteiger partial charge in [0, 0.05) is 10.2 Å². The van der Waals surface area contributed by atoms with Crippen molar-refractivity contribution in [1.82, 2.24) is 19.9 Å². The van der Waals surface area contributed by atoms with E-state index in [1.165, 1.54) is 6.33 Å². The SMILES string of the molecule is O=[N+]([O-])c1nc(Nc2ccc(Br)cc2)c2[nH]cnc2n1. The number of nitrogens with one attached hydrogen (secondary N) is 2. The first-order valence-corrected chi connectivity index (χ1v) is 6.31. The van der Waals surface area contributed by atoms with E-state index in [1.807, 2.05) is 24.3 Å². The molecular formula is C11H7BrN6O2. The van der Waals surface area contributed by atoms with Crippen LogP contribution in [0.2, 0.25) is 0 Å². The second-order valence-corrected chi connectivity index (χ2v) is 4.78. The van der Waals surface area contributed by atoms with Crippen LogP contribution in [0.5, 0.6) is 0 Å². The van der Waals surface area contributed by atoms with E-state index in [0.717, 1.165) is 10.2 Å². The summed E-state index contributed by atoms with van der Waals surface area (Å²) < 4.78 is 0.934. The molecule has 0 unspecified atom stereocenters. The van der Waals surface area contributed by atoms with Crippen LogP contribution in [0, 0.1) is 10.1 Å². The van der Waals surface area contributed by atoms with Gasteiger partial charge in [-0.3, -0.25) is 0 Å². The third kappa shape index (κ3) is 2.30. The zero-order valence-electron chi connectivity index (χ0n) is 9.87. The molecule has 0 saturated heterocycles. The van der Waals surface area contributed by atoms with Crippen LogP contribution >= 0.6 is 15.9 Å². The van der Waals surface area contributed by atoms with Crippen molar-refractivity contribution in [2.45, 2.75) is 0 Å². The van der Waals surface area contributed by atoms with Gasteiger partial charge in [-0.1, -0.05) is 15.9 Å². The van der Waals surface area contributed by atoms with Gasteiger partial charge >= 0.3 is 5.95 Å². The Morgan fingerprint density at radius 2 is 2.00 bits per heavy atom. The number of H-pyrrole nitrogens is 1. The number of nitro groups is 1. The minimum absolute atomic E-state index is 0.242. The van der Waals surface area contributed by atoms with E-state index in [4.69, 9.17) is 0 Å². The molecule has 0 aliphatic carbocycles. The van der Waals surface area contributed by atoms with Gasteiger partial charge in [-0.05, 0) is 39.2 Å². The molecule has 0 saturated carbocycles. The second kappa shape index (κ2) is 4.85. The Labute approximate surface area is 120 Å². The monoisotopic (exact) mass is 334 g/mol. The number of hydrogen-bond acceptors (Lipinski definition) is 6. The lowest BCUT2D eigenvalue weighted by Gasteiger charge is -2.03. The highest BCUT2D eigenvalue weighted by Gasteiger charge is 2.19. The fourth-order valence-corrected chi connectivity index (χ4v) is 1.93. The molecule has 0 radical (unpaired) electrons. The molecule has 1 aromatic carbocycles. The highest BCUT2D eigenvalue weighted by Crippen LogP contribution is 2.24. The molecule has 8 nitrogen and oxygen atoms in total. The number of rotatable bonds is 3. The summed E-state index contributed by atoms with van der Waals surface area (Å²) in [5.74, 6) is -0.189. The molecule has 2 aromatic heterocycles. The lowest BCUT2D eigenvalue weighted by molar-refractivity contribution is -0.394. The summed E-state index contributed by atoms with van der Waals surface area (Å²) in [7, 11) is 0. The van der Waals surface area contributed by atoms with Gasteiger partial charge in [-0.2, -0.15) is 0 Å². The van der Waals surface area contributed by atoms with Crippen molar-refractivity contribution in [2.24, 2.45) is 0 Å². The minimum atomic E-state index is -0.652. The van der Waals surface area contributed by atoms with E-state index in [1.54, 1.807) is 0 Å². The van der Waals surface area contributed by atoms with Crippen molar-refractivity contribution in [2.75, 3.05) is 5.32 Å². The van der Waals surface area contributed by atoms with Crippen LogP contribution in [0.3, 0.4) is 0 Å². The van der Waals surface area contributed by atoms with E-state index in [2.05, 4.69) is 41.2 Å². The summed E-state index contributed by atoms with van der Waals surface area (Å²) in [6, 6.07) is 7.34. The highest BCUT2D eigenvalue weighted by molar-refractivity contribution is 9.10. The maximum atomic E-state index is 10.8. The number of imidazole rings is 1. The molecular weight excluding hydrogens is 328 g/mol. The summed E-state index contributed by atoms with van der Waals surface area (Å²) >= 11 is 3.34. The number of fused-ring (bicyclic) bond motifs is 1. The molecule has 0 aliphatic rings. The summed E-state index contributed by atoms with van der Waals surface area (Å²) in [5.41, 5.74) is 1.50. The van der Waals surface area contributed by atoms with Crippen molar-refractivity contribution in [3.05, 3.63) is 45.2 Å². The topological polar surface area (TPSA) is 110 Å². The first-order chi connectivity index (χ1) is 9.63. The molecule has 0 amide bonds. The van der Waals surface area contributed by atoms with Gasteiger partial charge in [0.2, 0.25) is 5.82 Å². The Bertz CT molecular complexity index is 785. The zero-order chi connectivity index (χ0) is 14.1. The zero-order valence-corrected chi connectivity index (χ0v) is 11.5. The van der Waals surface area contributed by atoms with Crippen molar-refractivity contribution in [3.8, 4) is 0 Å². The van der Waals surface area contributed by atoms with Crippen LogP contribution in [0.25, 0.3) is 11.2 Å². The van der Waals surface area contributed by atoms with Crippen LogP contribution in [0.15, 0.2) is 35.1 Å². The number of aromatic amines is 1. The fourth-order valence-electron chi connectivity index (χ4n) is 1.66. The lowest BCUT2D eigenvalue weighted by Crippen LogP contribution is -2.01. The lowest BCUT2D eigenvalue weighted by atomic mass is 10.3. The Morgan fingerprint density at radius 3 is 2.70 bits per heavy atom. The normalized spacial score (nSPS) is 10.7. The van der Waals surface area contributed by atoms with Gasteiger partial charge in [-0.25, -0.2) is 4.98 Å². The summed E-state index contributed by atoms with van der Waals surface area (Å²) in [6.45, 7) is 0. The highest BCUT2D eigenvalue weighted by atomic mass is 79.9. The number of hydrogen-bond donors (Lipinski definition) is 2. The standard InChI is InChI=1S/C11H7BrN6O2/c12-6-1-3-7(4-2-6)15-10-8-9(14-5-13-8)16-11(17-10)18(19)20/h1-5H,(H2,13,14,15,16,17). The van der Waals surface area contributed by atoms with E-state index in [0.29, 0.717) is 11.3 Å². The molecule has 20 heavy (non-hydrogen) atoms. The fraction of sp³-hybridized carbons (Fsp3) is 0.